The van der Waals surface area contributed by atoms with E-state index in [4.69, 9.17) is 9.47 Å². The predicted molar refractivity (Wildman–Crippen MR) is 107 cm³/mol. The van der Waals surface area contributed by atoms with Gasteiger partial charge in [-0.05, 0) is 42.3 Å². The number of halogens is 1. The van der Waals surface area contributed by atoms with Gasteiger partial charge >= 0.3 is 0 Å². The first-order valence-electron chi connectivity index (χ1n) is 9.55. The Bertz CT molecular complexity index is 936. The molecule has 146 valence electrons. The van der Waals surface area contributed by atoms with Crippen LogP contribution in [0.4, 0.5) is 4.39 Å². The number of nitrogens with zero attached hydrogens (tertiary/aromatic N) is 2. The summed E-state index contributed by atoms with van der Waals surface area (Å²) in [6, 6.07) is 17.1. The maximum atomic E-state index is 13.5. The molecule has 2 aromatic carbocycles. The predicted octanol–water partition coefficient (Wildman–Crippen LogP) is 4.64. The van der Waals surface area contributed by atoms with Crippen LogP contribution >= 0.6 is 0 Å². The first-order valence-corrected chi connectivity index (χ1v) is 9.55. The topological polar surface area (TPSA) is 26.6 Å². The number of benzene rings is 2. The van der Waals surface area contributed by atoms with Crippen LogP contribution in [0.15, 0.2) is 60.8 Å². The lowest BCUT2D eigenvalue weighted by molar-refractivity contribution is 0.216. The third kappa shape index (κ3) is 3.50. The summed E-state index contributed by atoms with van der Waals surface area (Å²) < 4.78 is 27.0. The Morgan fingerprint density at radius 3 is 2.54 bits per heavy atom. The first kappa shape index (κ1) is 18.6. The summed E-state index contributed by atoms with van der Waals surface area (Å²) in [7, 11) is 3.33. The Morgan fingerprint density at radius 1 is 0.964 bits per heavy atom. The fourth-order valence-corrected chi connectivity index (χ4v) is 4.13. The van der Waals surface area contributed by atoms with Crippen molar-refractivity contribution < 1.29 is 13.9 Å². The zero-order valence-electron chi connectivity index (χ0n) is 16.3. The zero-order valence-corrected chi connectivity index (χ0v) is 16.3. The van der Waals surface area contributed by atoms with Crippen molar-refractivity contribution in [1.29, 1.82) is 0 Å². The molecule has 0 amide bonds. The van der Waals surface area contributed by atoms with E-state index >= 15 is 0 Å². The molecule has 0 aliphatic carbocycles. The summed E-state index contributed by atoms with van der Waals surface area (Å²) in [6.07, 6.45) is 3.17. The number of aromatic nitrogens is 1. The Balaban J connectivity index is 1.75. The van der Waals surface area contributed by atoms with Crippen molar-refractivity contribution in [2.24, 2.45) is 0 Å². The van der Waals surface area contributed by atoms with E-state index in [1.54, 1.807) is 14.2 Å². The molecule has 4 rings (SSSR count). The van der Waals surface area contributed by atoms with Gasteiger partial charge < -0.3 is 14.0 Å². The quantitative estimate of drug-likeness (QED) is 0.645. The zero-order chi connectivity index (χ0) is 19.5. The number of fused-ring (bicyclic) bond motifs is 1. The van der Waals surface area contributed by atoms with Crippen molar-refractivity contribution in [3.8, 4) is 11.5 Å². The average molecular weight is 380 g/mol. The molecule has 1 aliphatic rings. The minimum Gasteiger partial charge on any atom is -0.493 e. The highest BCUT2D eigenvalue weighted by Crippen LogP contribution is 2.37. The molecule has 1 unspecified atom stereocenters. The van der Waals surface area contributed by atoms with Gasteiger partial charge in [-0.3, -0.25) is 4.90 Å². The highest BCUT2D eigenvalue weighted by atomic mass is 19.1. The number of hydrogen-bond donors (Lipinski definition) is 0. The molecule has 4 nitrogen and oxygen atoms in total. The Kier molecular flexibility index (Phi) is 5.35. The van der Waals surface area contributed by atoms with Gasteiger partial charge in [0.1, 0.15) is 5.82 Å². The van der Waals surface area contributed by atoms with E-state index in [0.29, 0.717) is 6.54 Å². The fourth-order valence-electron chi connectivity index (χ4n) is 4.13. The van der Waals surface area contributed by atoms with Crippen molar-refractivity contribution in [2.45, 2.75) is 25.6 Å². The van der Waals surface area contributed by atoms with Crippen LogP contribution in [-0.2, 0) is 13.1 Å². The molecule has 2 heterocycles. The Morgan fingerprint density at radius 2 is 1.79 bits per heavy atom. The molecule has 0 N–H and O–H groups in total. The van der Waals surface area contributed by atoms with Crippen LogP contribution in [0.5, 0.6) is 11.5 Å². The largest absolute Gasteiger partial charge is 0.493 e. The number of hydrogen-bond acceptors (Lipinski definition) is 3. The standard InChI is InChI=1S/C23H25FN2O2/c1-27-21-8-3-6-18(23(21)28-2)16-26-15-5-14-25-13-4-7-20(25)22(26)17-9-11-19(24)12-10-17/h3-4,6-13,22H,5,14-16H2,1-2H3. The summed E-state index contributed by atoms with van der Waals surface area (Å²) in [4.78, 5) is 2.43. The minimum atomic E-state index is -0.214. The maximum Gasteiger partial charge on any atom is 0.165 e. The molecule has 1 aliphatic heterocycles. The first-order chi connectivity index (χ1) is 13.7. The average Bonchev–Trinajstić information content (AvgIpc) is 3.10. The Labute approximate surface area is 165 Å². The second kappa shape index (κ2) is 8.07. The lowest BCUT2D eigenvalue weighted by atomic mass is 10.0. The van der Waals surface area contributed by atoms with E-state index in [1.165, 1.54) is 17.8 Å². The molecule has 0 saturated carbocycles. The highest BCUT2D eigenvalue weighted by Gasteiger charge is 2.28. The second-order valence-corrected chi connectivity index (χ2v) is 7.06. The van der Waals surface area contributed by atoms with Gasteiger partial charge in [-0.15, -0.1) is 0 Å². The number of ether oxygens (including phenoxy) is 2. The highest BCUT2D eigenvalue weighted by molar-refractivity contribution is 5.46. The summed E-state index contributed by atoms with van der Waals surface area (Å²) >= 11 is 0. The molecule has 0 spiro atoms. The van der Waals surface area contributed by atoms with Gasteiger partial charge in [0.05, 0.1) is 20.3 Å². The van der Waals surface area contributed by atoms with Crippen LogP contribution in [0.1, 0.15) is 29.3 Å². The van der Waals surface area contributed by atoms with Gasteiger partial charge in [0.15, 0.2) is 11.5 Å². The van der Waals surface area contributed by atoms with Crippen molar-refractivity contribution in [1.82, 2.24) is 9.47 Å². The monoisotopic (exact) mass is 380 g/mol. The molecule has 1 aromatic heterocycles. The lowest BCUT2D eigenvalue weighted by Crippen LogP contribution is -2.29. The van der Waals surface area contributed by atoms with Crippen LogP contribution in [0.25, 0.3) is 0 Å². The lowest BCUT2D eigenvalue weighted by Gasteiger charge is -2.31. The van der Waals surface area contributed by atoms with Crippen molar-refractivity contribution in [3.05, 3.63) is 83.4 Å². The van der Waals surface area contributed by atoms with E-state index in [2.05, 4.69) is 33.9 Å². The number of aryl methyl sites for hydroxylation is 1. The smallest absolute Gasteiger partial charge is 0.165 e. The molecule has 5 heteroatoms. The second-order valence-electron chi connectivity index (χ2n) is 7.06. The molecule has 28 heavy (non-hydrogen) atoms. The molecular formula is C23H25FN2O2. The van der Waals surface area contributed by atoms with E-state index in [0.717, 1.165) is 42.1 Å². The van der Waals surface area contributed by atoms with Gasteiger partial charge in [0.25, 0.3) is 0 Å². The van der Waals surface area contributed by atoms with E-state index in [9.17, 15) is 4.39 Å². The number of methoxy groups -OCH3 is 2. The van der Waals surface area contributed by atoms with Crippen LogP contribution in [0.2, 0.25) is 0 Å². The van der Waals surface area contributed by atoms with Gasteiger partial charge in [-0.1, -0.05) is 24.3 Å². The molecule has 0 bridgehead atoms. The Hall–Kier alpha value is -2.79. The summed E-state index contributed by atoms with van der Waals surface area (Å²) in [5.41, 5.74) is 3.39. The fraction of sp³-hybridized carbons (Fsp3) is 0.304. The molecule has 0 saturated heterocycles. The molecule has 0 radical (unpaired) electrons. The van der Waals surface area contributed by atoms with Crippen molar-refractivity contribution >= 4 is 0 Å². The molecular weight excluding hydrogens is 355 g/mol. The third-order valence-electron chi connectivity index (χ3n) is 5.40. The summed E-state index contributed by atoms with van der Waals surface area (Å²) in [5, 5.41) is 0. The van der Waals surface area contributed by atoms with Crippen LogP contribution in [0, 0.1) is 5.82 Å². The van der Waals surface area contributed by atoms with Gasteiger partial charge in [0.2, 0.25) is 0 Å². The maximum absolute atomic E-state index is 13.5. The van der Waals surface area contributed by atoms with Crippen LogP contribution in [0.3, 0.4) is 0 Å². The van der Waals surface area contributed by atoms with Gasteiger partial charge in [-0.25, -0.2) is 4.39 Å². The summed E-state index contributed by atoms with van der Waals surface area (Å²) in [5.74, 6) is 1.28. The van der Waals surface area contributed by atoms with Crippen LogP contribution < -0.4 is 9.47 Å². The van der Waals surface area contributed by atoms with Gasteiger partial charge in [-0.2, -0.15) is 0 Å². The molecule has 0 fully saturated rings. The SMILES string of the molecule is COc1cccc(CN2CCCn3cccc3C2c2ccc(F)cc2)c1OC. The van der Waals surface area contributed by atoms with Crippen molar-refractivity contribution in [2.75, 3.05) is 20.8 Å². The van der Waals surface area contributed by atoms with Crippen molar-refractivity contribution in [3.63, 3.8) is 0 Å². The van der Waals surface area contributed by atoms with Crippen LogP contribution in [-0.4, -0.2) is 30.2 Å². The third-order valence-corrected chi connectivity index (χ3v) is 5.40. The molecule has 1 atom stereocenters. The van der Waals surface area contributed by atoms with E-state index in [1.807, 2.05) is 24.3 Å². The van der Waals surface area contributed by atoms with Gasteiger partial charge in [0, 0.05) is 37.1 Å². The van der Waals surface area contributed by atoms with E-state index in [-0.39, 0.29) is 11.9 Å². The summed E-state index contributed by atoms with van der Waals surface area (Å²) in [6.45, 7) is 2.63. The number of rotatable bonds is 5. The normalized spacial score (nSPS) is 17.0. The number of para-hydroxylation sites is 1. The minimum absolute atomic E-state index is 0.0500. The van der Waals surface area contributed by atoms with E-state index < -0.39 is 0 Å². The molecule has 3 aromatic rings.